The molecular weight excluding hydrogens is 340 g/mol. The SMILES string of the molecule is NCC(c1cc(Br)c2c(c1)OCO2)N1CCCSCC1. The maximum absolute atomic E-state index is 6.05. The number of fused-ring (bicyclic) bond motifs is 1. The highest BCUT2D eigenvalue weighted by Crippen LogP contribution is 2.42. The molecule has 0 spiro atoms. The van der Waals surface area contributed by atoms with Gasteiger partial charge in [-0.2, -0.15) is 11.8 Å². The van der Waals surface area contributed by atoms with E-state index in [0.717, 1.165) is 29.1 Å². The molecule has 0 saturated carbocycles. The Labute approximate surface area is 132 Å². The minimum absolute atomic E-state index is 0.250. The normalized spacial score (nSPS) is 20.7. The molecule has 0 amide bonds. The zero-order valence-electron chi connectivity index (χ0n) is 11.3. The Bertz CT molecular complexity index is 478. The highest BCUT2D eigenvalue weighted by atomic mass is 79.9. The second kappa shape index (κ2) is 6.56. The van der Waals surface area contributed by atoms with Crippen LogP contribution in [0.1, 0.15) is 18.0 Å². The number of hydrogen-bond donors (Lipinski definition) is 1. The minimum atomic E-state index is 0.250. The van der Waals surface area contributed by atoms with E-state index in [0.29, 0.717) is 13.3 Å². The fraction of sp³-hybridized carbons (Fsp3) is 0.571. The Kier molecular flexibility index (Phi) is 4.75. The van der Waals surface area contributed by atoms with Crippen LogP contribution in [0.3, 0.4) is 0 Å². The Balaban J connectivity index is 1.87. The van der Waals surface area contributed by atoms with Crippen LogP contribution in [0, 0.1) is 0 Å². The first-order valence-electron chi connectivity index (χ1n) is 6.90. The van der Waals surface area contributed by atoms with Crippen LogP contribution in [-0.4, -0.2) is 42.8 Å². The summed E-state index contributed by atoms with van der Waals surface area (Å²) in [6, 6.07) is 4.44. The van der Waals surface area contributed by atoms with Crippen molar-refractivity contribution in [1.29, 1.82) is 0 Å². The molecule has 1 aromatic carbocycles. The molecule has 0 bridgehead atoms. The van der Waals surface area contributed by atoms with E-state index in [9.17, 15) is 0 Å². The van der Waals surface area contributed by atoms with Crippen LogP contribution >= 0.6 is 27.7 Å². The fourth-order valence-corrected chi connectivity index (χ4v) is 4.23. The molecule has 1 saturated heterocycles. The van der Waals surface area contributed by atoms with E-state index >= 15 is 0 Å². The van der Waals surface area contributed by atoms with E-state index < -0.39 is 0 Å². The first kappa shape index (κ1) is 14.5. The van der Waals surface area contributed by atoms with Gasteiger partial charge in [0.1, 0.15) is 0 Å². The van der Waals surface area contributed by atoms with Crippen LogP contribution in [0.15, 0.2) is 16.6 Å². The molecule has 1 aromatic rings. The van der Waals surface area contributed by atoms with Crippen molar-refractivity contribution in [2.24, 2.45) is 5.73 Å². The van der Waals surface area contributed by atoms with E-state index in [2.05, 4.69) is 33.0 Å². The average Bonchev–Trinajstić information content (AvgIpc) is 2.76. The molecule has 2 heterocycles. The zero-order chi connectivity index (χ0) is 13.9. The van der Waals surface area contributed by atoms with Gasteiger partial charge in [-0.25, -0.2) is 0 Å². The zero-order valence-corrected chi connectivity index (χ0v) is 13.7. The lowest BCUT2D eigenvalue weighted by Crippen LogP contribution is -2.35. The molecular formula is C14H19BrN2O2S. The molecule has 1 atom stereocenters. The average molecular weight is 359 g/mol. The highest BCUT2D eigenvalue weighted by molar-refractivity contribution is 9.10. The van der Waals surface area contributed by atoms with Crippen LogP contribution in [0.25, 0.3) is 0 Å². The molecule has 0 aliphatic carbocycles. The van der Waals surface area contributed by atoms with Gasteiger partial charge in [-0.3, -0.25) is 4.90 Å². The molecule has 4 nitrogen and oxygen atoms in total. The quantitative estimate of drug-likeness (QED) is 0.899. The minimum Gasteiger partial charge on any atom is -0.454 e. The molecule has 6 heteroatoms. The number of thioether (sulfide) groups is 1. The lowest BCUT2D eigenvalue weighted by molar-refractivity contribution is 0.173. The predicted molar refractivity (Wildman–Crippen MR) is 85.6 cm³/mol. The fourth-order valence-electron chi connectivity index (χ4n) is 2.75. The maximum Gasteiger partial charge on any atom is 0.231 e. The van der Waals surface area contributed by atoms with Gasteiger partial charge in [0.25, 0.3) is 0 Å². The van der Waals surface area contributed by atoms with Gasteiger partial charge in [0.05, 0.1) is 4.47 Å². The van der Waals surface area contributed by atoms with Crippen LogP contribution in [0.4, 0.5) is 0 Å². The highest BCUT2D eigenvalue weighted by Gasteiger charge is 2.25. The van der Waals surface area contributed by atoms with Crippen LogP contribution < -0.4 is 15.2 Å². The summed E-state index contributed by atoms with van der Waals surface area (Å²) in [6.45, 7) is 3.13. The summed E-state index contributed by atoms with van der Waals surface area (Å²) in [6.07, 6.45) is 1.23. The Morgan fingerprint density at radius 1 is 1.30 bits per heavy atom. The van der Waals surface area contributed by atoms with Crippen molar-refractivity contribution in [1.82, 2.24) is 4.90 Å². The number of rotatable bonds is 3. The van der Waals surface area contributed by atoms with Crippen molar-refractivity contribution in [3.05, 3.63) is 22.2 Å². The van der Waals surface area contributed by atoms with Crippen molar-refractivity contribution in [3.63, 3.8) is 0 Å². The third-order valence-electron chi connectivity index (χ3n) is 3.76. The second-order valence-corrected chi connectivity index (χ2v) is 7.07. The van der Waals surface area contributed by atoms with Crippen molar-refractivity contribution >= 4 is 27.7 Å². The van der Waals surface area contributed by atoms with E-state index in [-0.39, 0.29) is 6.04 Å². The molecule has 2 N–H and O–H groups in total. The van der Waals surface area contributed by atoms with E-state index in [4.69, 9.17) is 15.2 Å². The third kappa shape index (κ3) is 2.93. The monoisotopic (exact) mass is 358 g/mol. The standard InChI is InChI=1S/C14H19BrN2O2S/c15-11-6-10(7-13-14(11)19-9-18-13)12(8-16)17-2-1-4-20-5-3-17/h6-7,12H,1-5,8-9,16H2. The number of nitrogens with two attached hydrogens (primary N) is 1. The first-order valence-corrected chi connectivity index (χ1v) is 8.85. The summed E-state index contributed by atoms with van der Waals surface area (Å²) in [5.41, 5.74) is 7.25. The van der Waals surface area contributed by atoms with E-state index in [1.807, 2.05) is 11.8 Å². The first-order chi connectivity index (χ1) is 9.79. The largest absolute Gasteiger partial charge is 0.454 e. The van der Waals surface area contributed by atoms with Gasteiger partial charge in [-0.15, -0.1) is 0 Å². The van der Waals surface area contributed by atoms with Crippen molar-refractivity contribution in [3.8, 4) is 11.5 Å². The molecule has 1 unspecified atom stereocenters. The summed E-state index contributed by atoms with van der Waals surface area (Å²) >= 11 is 5.60. The second-order valence-electron chi connectivity index (χ2n) is 4.99. The van der Waals surface area contributed by atoms with Crippen LogP contribution in [0.5, 0.6) is 11.5 Å². The lowest BCUT2D eigenvalue weighted by atomic mass is 10.0. The van der Waals surface area contributed by atoms with Gasteiger partial charge in [0, 0.05) is 24.9 Å². The number of hydrogen-bond acceptors (Lipinski definition) is 5. The summed E-state index contributed by atoms with van der Waals surface area (Å²) in [5, 5.41) is 0. The number of halogens is 1. The smallest absolute Gasteiger partial charge is 0.231 e. The van der Waals surface area contributed by atoms with Crippen molar-refractivity contribution < 1.29 is 9.47 Å². The van der Waals surface area contributed by atoms with Gasteiger partial charge in [0.2, 0.25) is 6.79 Å². The predicted octanol–water partition coefficient (Wildman–Crippen LogP) is 2.62. The molecule has 110 valence electrons. The summed E-state index contributed by atoms with van der Waals surface area (Å²) in [7, 11) is 0. The third-order valence-corrected chi connectivity index (χ3v) is 5.39. The van der Waals surface area contributed by atoms with Gasteiger partial charge in [-0.05, 0) is 52.3 Å². The lowest BCUT2D eigenvalue weighted by Gasteiger charge is -2.30. The Morgan fingerprint density at radius 2 is 2.20 bits per heavy atom. The summed E-state index contributed by atoms with van der Waals surface area (Å²) in [4.78, 5) is 2.49. The molecule has 2 aliphatic rings. The van der Waals surface area contributed by atoms with Gasteiger partial charge < -0.3 is 15.2 Å². The summed E-state index contributed by atoms with van der Waals surface area (Å²) < 4.78 is 11.9. The topological polar surface area (TPSA) is 47.7 Å². The van der Waals surface area contributed by atoms with Crippen molar-refractivity contribution in [2.75, 3.05) is 37.9 Å². The number of ether oxygens (including phenoxy) is 2. The molecule has 0 aromatic heterocycles. The van der Waals surface area contributed by atoms with Gasteiger partial charge in [-0.1, -0.05) is 0 Å². The Hall–Kier alpha value is -0.430. The summed E-state index contributed by atoms with van der Waals surface area (Å²) in [5.74, 6) is 4.05. The van der Waals surface area contributed by atoms with Crippen molar-refractivity contribution in [2.45, 2.75) is 12.5 Å². The molecule has 20 heavy (non-hydrogen) atoms. The van der Waals surface area contributed by atoms with Crippen LogP contribution in [-0.2, 0) is 0 Å². The Morgan fingerprint density at radius 3 is 3.05 bits per heavy atom. The molecule has 3 rings (SSSR count). The number of benzene rings is 1. The van der Waals surface area contributed by atoms with Gasteiger partial charge >= 0.3 is 0 Å². The van der Waals surface area contributed by atoms with Crippen LogP contribution in [0.2, 0.25) is 0 Å². The van der Waals surface area contributed by atoms with E-state index in [1.165, 1.54) is 23.5 Å². The van der Waals surface area contributed by atoms with E-state index in [1.54, 1.807) is 0 Å². The molecule has 0 radical (unpaired) electrons. The number of nitrogens with zero attached hydrogens (tertiary/aromatic N) is 1. The maximum atomic E-state index is 6.05. The molecule has 1 fully saturated rings. The van der Waals surface area contributed by atoms with Gasteiger partial charge in [0.15, 0.2) is 11.5 Å². The molecule has 2 aliphatic heterocycles.